The number of hydrogen-bond acceptors (Lipinski definition) is 4. The maximum atomic E-state index is 10.8. The van der Waals surface area contributed by atoms with Crippen molar-refractivity contribution in [2.24, 2.45) is 0 Å². The lowest BCUT2D eigenvalue weighted by molar-refractivity contribution is 0.0695. The third-order valence-corrected chi connectivity index (χ3v) is 2.55. The second kappa shape index (κ2) is 5.84. The highest BCUT2D eigenvalue weighted by Gasteiger charge is 2.14. The van der Waals surface area contributed by atoms with E-state index in [-0.39, 0.29) is 11.7 Å². The van der Waals surface area contributed by atoms with Crippen LogP contribution in [0.1, 0.15) is 35.2 Å². The number of aliphatic hydroxyl groups excluding tert-OH is 1. The molecule has 1 atom stereocenters. The molecule has 0 amide bonds. The van der Waals surface area contributed by atoms with Crippen LogP contribution in [0.2, 0.25) is 0 Å². The van der Waals surface area contributed by atoms with Gasteiger partial charge in [0.15, 0.2) is 0 Å². The Balaban J connectivity index is 2.57. The topological polar surface area (TPSA) is 73.9 Å². The minimum absolute atomic E-state index is 0.212. The molecular formula is C12H19NO4. The zero-order valence-corrected chi connectivity index (χ0v) is 10.4. The van der Waals surface area contributed by atoms with Crippen molar-refractivity contribution < 1.29 is 19.4 Å². The lowest BCUT2D eigenvalue weighted by Crippen LogP contribution is -2.21. The van der Waals surface area contributed by atoms with Crippen LogP contribution in [-0.2, 0) is 6.54 Å². The van der Waals surface area contributed by atoms with E-state index in [1.165, 1.54) is 0 Å². The van der Waals surface area contributed by atoms with E-state index in [9.17, 15) is 4.79 Å². The summed E-state index contributed by atoms with van der Waals surface area (Å²) in [6, 6.07) is 1.55. The molecule has 2 N–H and O–H groups in total. The monoisotopic (exact) mass is 241 g/mol. The summed E-state index contributed by atoms with van der Waals surface area (Å²) in [7, 11) is 1.90. The Hall–Kier alpha value is -1.33. The fourth-order valence-electron chi connectivity index (χ4n) is 1.59. The van der Waals surface area contributed by atoms with Gasteiger partial charge >= 0.3 is 5.97 Å². The molecule has 96 valence electrons. The van der Waals surface area contributed by atoms with Crippen molar-refractivity contribution in [1.29, 1.82) is 0 Å². The molecule has 1 heterocycles. The Bertz CT molecular complexity index is 384. The van der Waals surface area contributed by atoms with Crippen molar-refractivity contribution in [3.05, 3.63) is 23.2 Å². The fourth-order valence-corrected chi connectivity index (χ4v) is 1.59. The summed E-state index contributed by atoms with van der Waals surface area (Å²) < 4.78 is 5.37. The van der Waals surface area contributed by atoms with Crippen molar-refractivity contribution in [3.8, 4) is 0 Å². The second-order valence-electron chi connectivity index (χ2n) is 4.36. The standard InChI is InChI=1S/C12H19NO4/c1-8(14)4-5-13(3)7-10-6-11(12(15)16)9(2)17-10/h6,8,14H,4-5,7H2,1-3H3,(H,15,16). The molecule has 0 radical (unpaired) electrons. The maximum absolute atomic E-state index is 10.8. The molecule has 17 heavy (non-hydrogen) atoms. The molecule has 0 aliphatic heterocycles. The Morgan fingerprint density at radius 3 is 2.71 bits per heavy atom. The first-order valence-corrected chi connectivity index (χ1v) is 5.59. The molecule has 1 aromatic rings. The Morgan fingerprint density at radius 1 is 1.59 bits per heavy atom. The molecule has 0 saturated heterocycles. The van der Waals surface area contributed by atoms with Gasteiger partial charge in [0.25, 0.3) is 0 Å². The minimum atomic E-state index is -0.968. The van der Waals surface area contributed by atoms with E-state index in [1.807, 2.05) is 11.9 Å². The average Bonchev–Trinajstić information content (AvgIpc) is 2.56. The Labute approximate surface area is 101 Å². The van der Waals surface area contributed by atoms with E-state index in [2.05, 4.69) is 0 Å². The van der Waals surface area contributed by atoms with Crippen LogP contribution in [0.25, 0.3) is 0 Å². The highest BCUT2D eigenvalue weighted by molar-refractivity contribution is 5.88. The number of carboxylic acid groups (broad SMARTS) is 1. The van der Waals surface area contributed by atoms with Gasteiger partial charge in [0.05, 0.1) is 12.6 Å². The van der Waals surface area contributed by atoms with Crippen LogP contribution < -0.4 is 0 Å². The molecular weight excluding hydrogens is 222 g/mol. The lowest BCUT2D eigenvalue weighted by atomic mass is 10.2. The quantitative estimate of drug-likeness (QED) is 0.789. The van der Waals surface area contributed by atoms with Crippen LogP contribution in [0, 0.1) is 6.92 Å². The van der Waals surface area contributed by atoms with E-state index in [0.717, 1.165) is 6.54 Å². The predicted molar refractivity (Wildman–Crippen MR) is 63.0 cm³/mol. The number of aromatic carboxylic acids is 1. The van der Waals surface area contributed by atoms with Gasteiger partial charge in [-0.2, -0.15) is 0 Å². The molecule has 0 saturated carbocycles. The molecule has 0 fully saturated rings. The van der Waals surface area contributed by atoms with Gasteiger partial charge in [-0.3, -0.25) is 4.90 Å². The number of furan rings is 1. The zero-order chi connectivity index (χ0) is 13.0. The van der Waals surface area contributed by atoms with E-state index in [4.69, 9.17) is 14.6 Å². The lowest BCUT2D eigenvalue weighted by Gasteiger charge is -2.15. The number of rotatable bonds is 6. The molecule has 5 heteroatoms. The predicted octanol–water partition coefficient (Wildman–Crippen LogP) is 1.49. The van der Waals surface area contributed by atoms with E-state index < -0.39 is 5.97 Å². The van der Waals surface area contributed by atoms with E-state index >= 15 is 0 Å². The van der Waals surface area contributed by atoms with Gasteiger partial charge in [0.1, 0.15) is 17.1 Å². The molecule has 0 aliphatic rings. The van der Waals surface area contributed by atoms with Crippen LogP contribution in [0.3, 0.4) is 0 Å². The van der Waals surface area contributed by atoms with Crippen LogP contribution in [0.4, 0.5) is 0 Å². The maximum Gasteiger partial charge on any atom is 0.339 e. The van der Waals surface area contributed by atoms with Crippen LogP contribution in [0.15, 0.2) is 10.5 Å². The number of aliphatic hydroxyl groups is 1. The largest absolute Gasteiger partial charge is 0.478 e. The summed E-state index contributed by atoms with van der Waals surface area (Å²) in [6.07, 6.45) is 0.354. The molecule has 1 aromatic heterocycles. The zero-order valence-electron chi connectivity index (χ0n) is 10.4. The summed E-state index contributed by atoms with van der Waals surface area (Å²) in [5, 5.41) is 18.0. The van der Waals surface area contributed by atoms with E-state index in [1.54, 1.807) is 19.9 Å². The Kier molecular flexibility index (Phi) is 4.72. The van der Waals surface area contributed by atoms with Gasteiger partial charge in [-0.1, -0.05) is 0 Å². The van der Waals surface area contributed by atoms with Gasteiger partial charge in [0, 0.05) is 6.54 Å². The third-order valence-electron chi connectivity index (χ3n) is 2.55. The van der Waals surface area contributed by atoms with Gasteiger partial charge in [0.2, 0.25) is 0 Å². The fraction of sp³-hybridized carbons (Fsp3) is 0.583. The van der Waals surface area contributed by atoms with Crippen molar-refractivity contribution in [1.82, 2.24) is 4.90 Å². The molecule has 0 aliphatic carbocycles. The molecule has 1 unspecified atom stereocenters. The van der Waals surface area contributed by atoms with Gasteiger partial charge in [-0.25, -0.2) is 4.79 Å². The van der Waals surface area contributed by atoms with Gasteiger partial charge in [-0.05, 0) is 33.4 Å². The first kappa shape index (κ1) is 13.7. The normalized spacial score (nSPS) is 13.0. The van der Waals surface area contributed by atoms with Crippen LogP contribution in [0.5, 0.6) is 0 Å². The summed E-state index contributed by atoms with van der Waals surface area (Å²) >= 11 is 0. The minimum Gasteiger partial charge on any atom is -0.478 e. The molecule has 0 bridgehead atoms. The molecule has 1 rings (SSSR count). The van der Waals surface area contributed by atoms with Crippen molar-refractivity contribution in [2.75, 3.05) is 13.6 Å². The smallest absolute Gasteiger partial charge is 0.339 e. The van der Waals surface area contributed by atoms with Crippen molar-refractivity contribution in [3.63, 3.8) is 0 Å². The number of nitrogens with zero attached hydrogens (tertiary/aromatic N) is 1. The van der Waals surface area contributed by atoms with Crippen molar-refractivity contribution in [2.45, 2.75) is 32.9 Å². The summed E-state index contributed by atoms with van der Waals surface area (Å²) in [6.45, 7) is 4.66. The summed E-state index contributed by atoms with van der Waals surface area (Å²) in [5.41, 5.74) is 0.212. The number of carbonyl (C=O) groups is 1. The van der Waals surface area contributed by atoms with Gasteiger partial charge in [-0.15, -0.1) is 0 Å². The highest BCUT2D eigenvalue weighted by atomic mass is 16.4. The first-order valence-electron chi connectivity index (χ1n) is 5.59. The van der Waals surface area contributed by atoms with E-state index in [0.29, 0.717) is 24.5 Å². The first-order chi connectivity index (χ1) is 7.90. The van der Waals surface area contributed by atoms with Crippen LogP contribution >= 0.6 is 0 Å². The molecule has 5 nitrogen and oxygen atoms in total. The van der Waals surface area contributed by atoms with Crippen LogP contribution in [-0.4, -0.2) is 40.8 Å². The number of hydrogen-bond donors (Lipinski definition) is 2. The molecule has 0 aromatic carbocycles. The van der Waals surface area contributed by atoms with Crippen molar-refractivity contribution >= 4 is 5.97 Å². The second-order valence-corrected chi connectivity index (χ2v) is 4.36. The summed E-state index contributed by atoms with van der Waals surface area (Å²) in [4.78, 5) is 12.8. The number of carboxylic acids is 1. The SMILES string of the molecule is Cc1oc(CN(C)CCC(C)O)cc1C(=O)O. The van der Waals surface area contributed by atoms with Gasteiger partial charge < -0.3 is 14.6 Å². The average molecular weight is 241 g/mol. The third kappa shape index (κ3) is 4.20. The number of aryl methyl sites for hydroxylation is 1. The Morgan fingerprint density at radius 2 is 2.24 bits per heavy atom. The highest BCUT2D eigenvalue weighted by Crippen LogP contribution is 2.16. The molecule has 0 spiro atoms. The summed E-state index contributed by atoms with van der Waals surface area (Å²) in [5.74, 6) is 0.0913.